The topological polar surface area (TPSA) is 68.4 Å². The Kier molecular flexibility index (Phi) is 4.66. The van der Waals surface area contributed by atoms with Crippen molar-refractivity contribution in [3.8, 4) is 5.88 Å². The van der Waals surface area contributed by atoms with Crippen molar-refractivity contribution in [1.29, 1.82) is 0 Å². The first-order valence-electron chi connectivity index (χ1n) is 6.16. The van der Waals surface area contributed by atoms with Crippen LogP contribution >= 0.6 is 23.2 Å². The first-order chi connectivity index (χ1) is 10.6. The Bertz CT molecular complexity index is 740. The maximum absolute atomic E-state index is 13.7. The van der Waals surface area contributed by atoms with E-state index in [1.165, 1.54) is 19.2 Å². The van der Waals surface area contributed by atoms with Crippen LogP contribution in [0.5, 0.6) is 5.88 Å². The summed E-state index contributed by atoms with van der Waals surface area (Å²) in [7, 11) is 1.19. The van der Waals surface area contributed by atoms with Crippen LogP contribution in [0, 0.1) is 0 Å². The fraction of sp³-hybridized carbons (Fsp3) is 0.214. The lowest BCUT2D eigenvalue weighted by Crippen LogP contribution is -2.44. The molecule has 1 unspecified atom stereocenters. The minimum Gasteiger partial charge on any atom is -0.480 e. The Morgan fingerprint density at radius 2 is 1.83 bits per heavy atom. The number of halogens is 5. The smallest absolute Gasteiger partial charge is 0.425 e. The zero-order chi connectivity index (χ0) is 17.4. The molecule has 1 aromatic carbocycles. The van der Waals surface area contributed by atoms with Crippen LogP contribution in [0.2, 0.25) is 10.0 Å². The third-order valence-electron chi connectivity index (χ3n) is 3.26. The molecule has 0 saturated heterocycles. The van der Waals surface area contributed by atoms with Gasteiger partial charge in [-0.3, -0.25) is 0 Å². The molecule has 0 aliphatic carbocycles. The van der Waals surface area contributed by atoms with E-state index in [1.807, 2.05) is 0 Å². The van der Waals surface area contributed by atoms with Crippen LogP contribution in [0.4, 0.5) is 18.9 Å². The number of nitrogens with zero attached hydrogens (tertiary/aromatic N) is 1. The minimum atomic E-state index is -5.12. The van der Waals surface area contributed by atoms with Gasteiger partial charge in [0, 0.05) is 28.0 Å². The molecule has 1 atom stereocenters. The van der Waals surface area contributed by atoms with Gasteiger partial charge in [-0.15, -0.1) is 0 Å². The van der Waals surface area contributed by atoms with Gasteiger partial charge in [-0.1, -0.05) is 23.2 Å². The van der Waals surface area contributed by atoms with E-state index in [9.17, 15) is 18.3 Å². The van der Waals surface area contributed by atoms with Crippen molar-refractivity contribution in [3.63, 3.8) is 0 Å². The van der Waals surface area contributed by atoms with Gasteiger partial charge in [0.15, 0.2) is 0 Å². The van der Waals surface area contributed by atoms with Crippen LogP contribution in [-0.2, 0) is 5.60 Å². The highest BCUT2D eigenvalue weighted by Crippen LogP contribution is 2.49. The summed E-state index contributed by atoms with van der Waals surface area (Å²) >= 11 is 11.7. The summed E-state index contributed by atoms with van der Waals surface area (Å²) in [5.74, 6) is -0.257. The first-order valence-corrected chi connectivity index (χ1v) is 6.92. The van der Waals surface area contributed by atoms with E-state index in [-0.39, 0.29) is 16.6 Å². The molecule has 2 aromatic rings. The van der Waals surface area contributed by atoms with Crippen molar-refractivity contribution >= 4 is 28.9 Å². The fourth-order valence-corrected chi connectivity index (χ4v) is 2.64. The van der Waals surface area contributed by atoms with Crippen LogP contribution in [0.1, 0.15) is 11.1 Å². The molecule has 0 fully saturated rings. The highest BCUT2D eigenvalue weighted by molar-refractivity contribution is 6.33. The normalized spacial score (nSPS) is 14.4. The molecule has 0 aliphatic rings. The predicted octanol–water partition coefficient (Wildman–Crippen LogP) is 3.78. The van der Waals surface area contributed by atoms with Crippen LogP contribution in [-0.4, -0.2) is 23.4 Å². The van der Waals surface area contributed by atoms with Crippen LogP contribution in [0.3, 0.4) is 0 Å². The van der Waals surface area contributed by atoms with Crippen LogP contribution in [0.15, 0.2) is 30.5 Å². The quantitative estimate of drug-likeness (QED) is 0.811. The first kappa shape index (κ1) is 17.7. The molecule has 4 nitrogen and oxygen atoms in total. The van der Waals surface area contributed by atoms with E-state index >= 15 is 0 Å². The summed E-state index contributed by atoms with van der Waals surface area (Å²) in [6.07, 6.45) is -4.08. The van der Waals surface area contributed by atoms with Gasteiger partial charge in [-0.2, -0.15) is 13.2 Å². The second kappa shape index (κ2) is 6.07. The molecule has 1 heterocycles. The zero-order valence-electron chi connectivity index (χ0n) is 11.7. The maximum Gasteiger partial charge on any atom is 0.425 e. The largest absolute Gasteiger partial charge is 0.480 e. The molecule has 0 aliphatic heterocycles. The van der Waals surface area contributed by atoms with Gasteiger partial charge in [-0.05, 0) is 24.3 Å². The van der Waals surface area contributed by atoms with Crippen molar-refractivity contribution in [2.24, 2.45) is 0 Å². The Morgan fingerprint density at radius 3 is 2.39 bits per heavy atom. The predicted molar refractivity (Wildman–Crippen MR) is 80.7 cm³/mol. The number of aliphatic hydroxyl groups is 1. The minimum absolute atomic E-state index is 0.0194. The SMILES string of the molecule is COc1nccc(C(O)(c2cc(Cl)ccc2N)C(F)(F)F)c1Cl. The summed E-state index contributed by atoms with van der Waals surface area (Å²) in [5.41, 5.74) is 0.562. The lowest BCUT2D eigenvalue weighted by atomic mass is 9.85. The molecule has 23 heavy (non-hydrogen) atoms. The van der Waals surface area contributed by atoms with Gasteiger partial charge in [0.05, 0.1) is 7.11 Å². The Morgan fingerprint density at radius 1 is 1.17 bits per heavy atom. The summed E-state index contributed by atoms with van der Waals surface area (Å²) < 4.78 is 46.0. The zero-order valence-corrected chi connectivity index (χ0v) is 13.2. The molecule has 3 N–H and O–H groups in total. The third kappa shape index (κ3) is 2.91. The molecule has 0 saturated carbocycles. The summed E-state index contributed by atoms with van der Waals surface area (Å²) in [5, 5.41) is 10.1. The number of benzene rings is 1. The highest BCUT2D eigenvalue weighted by atomic mass is 35.5. The summed E-state index contributed by atoms with van der Waals surface area (Å²) in [6, 6.07) is 4.36. The molecular weight excluding hydrogens is 356 g/mol. The number of pyridine rings is 1. The molecule has 0 spiro atoms. The van der Waals surface area contributed by atoms with E-state index < -0.39 is 27.9 Å². The van der Waals surface area contributed by atoms with Gasteiger partial charge in [-0.25, -0.2) is 4.98 Å². The second-order valence-electron chi connectivity index (χ2n) is 4.62. The van der Waals surface area contributed by atoms with Crippen molar-refractivity contribution < 1.29 is 23.0 Å². The molecule has 0 bridgehead atoms. The Hall–Kier alpha value is -1.70. The monoisotopic (exact) mass is 366 g/mol. The molecule has 9 heteroatoms. The Balaban J connectivity index is 2.84. The number of nitrogen functional groups attached to an aromatic ring is 1. The fourth-order valence-electron chi connectivity index (χ4n) is 2.14. The van der Waals surface area contributed by atoms with Gasteiger partial charge in [0.1, 0.15) is 5.02 Å². The van der Waals surface area contributed by atoms with E-state index in [2.05, 4.69) is 4.98 Å². The number of ether oxygens (including phenoxy) is 1. The number of alkyl halides is 3. The van der Waals surface area contributed by atoms with Gasteiger partial charge >= 0.3 is 6.18 Å². The number of rotatable bonds is 3. The van der Waals surface area contributed by atoms with Crippen molar-refractivity contribution in [2.75, 3.05) is 12.8 Å². The van der Waals surface area contributed by atoms with Gasteiger partial charge < -0.3 is 15.6 Å². The standard InChI is InChI=1S/C14H11Cl2F3N2O2/c1-23-12-11(16)8(4-5-21-12)13(22,14(17,18)19)9-6-7(15)2-3-10(9)20/h2-6,22H,20H2,1H3. The van der Waals surface area contributed by atoms with E-state index in [1.54, 1.807) is 0 Å². The number of anilines is 1. The van der Waals surface area contributed by atoms with Crippen molar-refractivity contribution in [1.82, 2.24) is 4.98 Å². The number of nitrogens with two attached hydrogens (primary N) is 1. The lowest BCUT2D eigenvalue weighted by molar-refractivity contribution is -0.248. The van der Waals surface area contributed by atoms with Crippen LogP contribution < -0.4 is 10.5 Å². The van der Waals surface area contributed by atoms with E-state index in [0.717, 1.165) is 18.3 Å². The summed E-state index contributed by atoms with van der Waals surface area (Å²) in [4.78, 5) is 3.70. The molecule has 124 valence electrons. The average Bonchev–Trinajstić information content (AvgIpc) is 2.48. The number of aromatic nitrogens is 1. The van der Waals surface area contributed by atoms with Gasteiger partial charge in [0.2, 0.25) is 11.5 Å². The molecular formula is C14H11Cl2F3N2O2. The van der Waals surface area contributed by atoms with Crippen LogP contribution in [0.25, 0.3) is 0 Å². The van der Waals surface area contributed by atoms with E-state index in [4.69, 9.17) is 33.7 Å². The van der Waals surface area contributed by atoms with Gasteiger partial charge in [0.25, 0.3) is 0 Å². The summed E-state index contributed by atoms with van der Waals surface area (Å²) in [6.45, 7) is 0. The number of hydrogen-bond acceptors (Lipinski definition) is 4. The number of hydrogen-bond donors (Lipinski definition) is 2. The van der Waals surface area contributed by atoms with E-state index in [0.29, 0.717) is 0 Å². The third-order valence-corrected chi connectivity index (χ3v) is 3.86. The van der Waals surface area contributed by atoms with Crippen molar-refractivity contribution in [3.05, 3.63) is 51.6 Å². The molecule has 0 radical (unpaired) electrons. The molecule has 1 aromatic heterocycles. The highest BCUT2D eigenvalue weighted by Gasteiger charge is 2.58. The lowest BCUT2D eigenvalue weighted by Gasteiger charge is -2.33. The molecule has 2 rings (SSSR count). The Labute approximate surface area is 139 Å². The van der Waals surface area contributed by atoms with Crippen molar-refractivity contribution in [2.45, 2.75) is 11.8 Å². The number of methoxy groups -OCH3 is 1. The molecule has 0 amide bonds. The second-order valence-corrected chi connectivity index (χ2v) is 5.44. The average molecular weight is 367 g/mol. The maximum atomic E-state index is 13.7.